The smallest absolute Gasteiger partial charge is 0.336 e. The lowest BCUT2D eigenvalue weighted by atomic mass is 10.1. The Morgan fingerprint density at radius 2 is 2.00 bits per heavy atom. The van der Waals surface area contributed by atoms with E-state index in [9.17, 15) is 18.0 Å². The van der Waals surface area contributed by atoms with E-state index in [2.05, 4.69) is 0 Å². The third kappa shape index (κ3) is 2.49. The van der Waals surface area contributed by atoms with Gasteiger partial charge in [-0.05, 0) is 25.0 Å². The van der Waals surface area contributed by atoms with E-state index in [0.717, 1.165) is 6.07 Å². The Labute approximate surface area is 103 Å². The van der Waals surface area contributed by atoms with Crippen LogP contribution in [0.2, 0.25) is 0 Å². The molecule has 0 radical (unpaired) electrons. The molecule has 1 saturated heterocycles. The van der Waals surface area contributed by atoms with Gasteiger partial charge in [-0.15, -0.1) is 0 Å². The first-order chi connectivity index (χ1) is 8.39. The third-order valence-electron chi connectivity index (χ3n) is 3.29. The van der Waals surface area contributed by atoms with Crippen molar-refractivity contribution in [3.8, 4) is 0 Å². The van der Waals surface area contributed by atoms with Crippen molar-refractivity contribution >= 4 is 5.91 Å². The number of carbonyl (C=O) groups excluding carboxylic acids is 1. The van der Waals surface area contributed by atoms with Gasteiger partial charge in [-0.3, -0.25) is 4.79 Å². The van der Waals surface area contributed by atoms with Crippen molar-refractivity contribution in [2.45, 2.75) is 38.5 Å². The van der Waals surface area contributed by atoms with Crippen LogP contribution in [0.3, 0.4) is 0 Å². The van der Waals surface area contributed by atoms with Gasteiger partial charge in [0, 0.05) is 19.0 Å². The molecule has 0 aliphatic carbocycles. The van der Waals surface area contributed by atoms with Gasteiger partial charge in [0.15, 0.2) is 0 Å². The summed E-state index contributed by atoms with van der Waals surface area (Å²) < 4.78 is 38.4. The Hall–Kier alpha value is -1.52. The molecule has 0 saturated carbocycles. The SMILES string of the molecule is CC1CCC(=O)N1Cc1ccccc1C(F)(F)F. The average molecular weight is 257 g/mol. The summed E-state index contributed by atoms with van der Waals surface area (Å²) >= 11 is 0. The Morgan fingerprint density at radius 3 is 2.56 bits per heavy atom. The van der Waals surface area contributed by atoms with Crippen molar-refractivity contribution < 1.29 is 18.0 Å². The number of hydrogen-bond donors (Lipinski definition) is 0. The van der Waals surface area contributed by atoms with E-state index in [4.69, 9.17) is 0 Å². The van der Waals surface area contributed by atoms with Crippen molar-refractivity contribution in [3.63, 3.8) is 0 Å². The monoisotopic (exact) mass is 257 g/mol. The number of carbonyl (C=O) groups is 1. The largest absolute Gasteiger partial charge is 0.416 e. The average Bonchev–Trinajstić information content (AvgIpc) is 2.60. The number of nitrogens with zero attached hydrogens (tertiary/aromatic N) is 1. The van der Waals surface area contributed by atoms with Crippen LogP contribution >= 0.6 is 0 Å². The topological polar surface area (TPSA) is 20.3 Å². The minimum Gasteiger partial charge on any atom is -0.336 e. The summed E-state index contributed by atoms with van der Waals surface area (Å²) in [6.07, 6.45) is -3.23. The third-order valence-corrected chi connectivity index (χ3v) is 3.29. The molecule has 1 unspecified atom stereocenters. The van der Waals surface area contributed by atoms with E-state index in [-0.39, 0.29) is 24.1 Å². The van der Waals surface area contributed by atoms with Crippen LogP contribution < -0.4 is 0 Å². The second-order valence-corrected chi connectivity index (χ2v) is 4.56. The first-order valence-electron chi connectivity index (χ1n) is 5.84. The lowest BCUT2D eigenvalue weighted by molar-refractivity contribution is -0.139. The van der Waals surface area contributed by atoms with E-state index < -0.39 is 11.7 Å². The maximum absolute atomic E-state index is 12.8. The van der Waals surface area contributed by atoms with Gasteiger partial charge in [-0.2, -0.15) is 13.2 Å². The standard InChI is InChI=1S/C13H14F3NO/c1-9-6-7-12(18)17(9)8-10-4-2-3-5-11(10)13(14,15)16/h2-5,9H,6-8H2,1H3. The number of benzene rings is 1. The molecule has 1 fully saturated rings. The van der Waals surface area contributed by atoms with Gasteiger partial charge in [0.1, 0.15) is 0 Å². The van der Waals surface area contributed by atoms with E-state index in [1.54, 1.807) is 6.07 Å². The Kier molecular flexibility index (Phi) is 3.32. The number of hydrogen-bond acceptors (Lipinski definition) is 1. The van der Waals surface area contributed by atoms with Gasteiger partial charge in [0.25, 0.3) is 0 Å². The van der Waals surface area contributed by atoms with Crippen LogP contribution in [0, 0.1) is 0 Å². The van der Waals surface area contributed by atoms with Crippen molar-refractivity contribution in [1.29, 1.82) is 0 Å². The van der Waals surface area contributed by atoms with Gasteiger partial charge >= 0.3 is 6.18 Å². The van der Waals surface area contributed by atoms with E-state index in [1.165, 1.54) is 17.0 Å². The van der Waals surface area contributed by atoms with Gasteiger partial charge in [0.05, 0.1) is 5.56 Å². The zero-order chi connectivity index (χ0) is 13.3. The highest BCUT2D eigenvalue weighted by Gasteiger charge is 2.35. The molecular formula is C13H14F3NO. The van der Waals surface area contributed by atoms with Gasteiger partial charge in [-0.25, -0.2) is 0 Å². The van der Waals surface area contributed by atoms with Crippen LogP contribution in [0.1, 0.15) is 30.9 Å². The van der Waals surface area contributed by atoms with Crippen LogP contribution in [-0.2, 0) is 17.5 Å². The summed E-state index contributed by atoms with van der Waals surface area (Å²) in [5.74, 6) is -0.0699. The molecule has 5 heteroatoms. The molecule has 1 aliphatic rings. The first kappa shape index (κ1) is 12.9. The number of likely N-dealkylation sites (tertiary alicyclic amines) is 1. The van der Waals surface area contributed by atoms with Crippen molar-refractivity contribution in [2.75, 3.05) is 0 Å². The van der Waals surface area contributed by atoms with E-state index in [1.807, 2.05) is 6.92 Å². The Morgan fingerprint density at radius 1 is 1.33 bits per heavy atom. The molecule has 2 rings (SSSR count). The number of alkyl halides is 3. The predicted molar refractivity (Wildman–Crippen MR) is 60.7 cm³/mol. The molecule has 1 amide bonds. The number of amides is 1. The highest BCUT2D eigenvalue weighted by Crippen LogP contribution is 2.33. The van der Waals surface area contributed by atoms with Gasteiger partial charge < -0.3 is 4.90 Å². The molecule has 98 valence electrons. The van der Waals surface area contributed by atoms with Crippen LogP contribution in [0.25, 0.3) is 0 Å². The molecule has 1 atom stereocenters. The van der Waals surface area contributed by atoms with Crippen molar-refractivity contribution in [2.24, 2.45) is 0 Å². The summed E-state index contributed by atoms with van der Waals surface area (Å²) in [6.45, 7) is 1.90. The fourth-order valence-electron chi connectivity index (χ4n) is 2.24. The highest BCUT2D eigenvalue weighted by atomic mass is 19.4. The number of halogens is 3. The second kappa shape index (κ2) is 4.63. The zero-order valence-corrected chi connectivity index (χ0v) is 10.00. The fraction of sp³-hybridized carbons (Fsp3) is 0.462. The van der Waals surface area contributed by atoms with Crippen molar-refractivity contribution in [3.05, 3.63) is 35.4 Å². The molecule has 2 nitrogen and oxygen atoms in total. The predicted octanol–water partition coefficient (Wildman–Crippen LogP) is 3.22. The minimum atomic E-state index is -4.37. The van der Waals surface area contributed by atoms with E-state index in [0.29, 0.717) is 12.8 Å². The molecule has 0 N–H and O–H groups in total. The van der Waals surface area contributed by atoms with Crippen LogP contribution in [0.5, 0.6) is 0 Å². The second-order valence-electron chi connectivity index (χ2n) is 4.56. The fourth-order valence-corrected chi connectivity index (χ4v) is 2.24. The molecule has 18 heavy (non-hydrogen) atoms. The molecule has 1 aliphatic heterocycles. The van der Waals surface area contributed by atoms with Gasteiger partial charge in [-0.1, -0.05) is 18.2 Å². The minimum absolute atomic E-state index is 0.0128. The maximum Gasteiger partial charge on any atom is 0.416 e. The summed E-state index contributed by atoms with van der Waals surface area (Å²) in [6, 6.07) is 5.43. The molecule has 1 aromatic carbocycles. The molecule has 0 aromatic heterocycles. The summed E-state index contributed by atoms with van der Waals surface area (Å²) in [5.41, 5.74) is -0.496. The summed E-state index contributed by atoms with van der Waals surface area (Å²) in [4.78, 5) is 13.1. The lowest BCUT2D eigenvalue weighted by Gasteiger charge is -2.23. The van der Waals surface area contributed by atoms with Gasteiger partial charge in [0.2, 0.25) is 5.91 Å². The van der Waals surface area contributed by atoms with Crippen LogP contribution in [-0.4, -0.2) is 16.8 Å². The van der Waals surface area contributed by atoms with Crippen LogP contribution in [0.15, 0.2) is 24.3 Å². The van der Waals surface area contributed by atoms with E-state index >= 15 is 0 Å². The quantitative estimate of drug-likeness (QED) is 0.796. The molecule has 1 aromatic rings. The molecule has 0 spiro atoms. The Balaban J connectivity index is 2.27. The van der Waals surface area contributed by atoms with Crippen LogP contribution in [0.4, 0.5) is 13.2 Å². The molecule has 1 heterocycles. The number of rotatable bonds is 2. The highest BCUT2D eigenvalue weighted by molar-refractivity contribution is 5.78. The first-order valence-corrected chi connectivity index (χ1v) is 5.84. The zero-order valence-electron chi connectivity index (χ0n) is 10.00. The van der Waals surface area contributed by atoms with Crippen molar-refractivity contribution in [1.82, 2.24) is 4.90 Å². The molecule has 0 bridgehead atoms. The summed E-state index contributed by atoms with van der Waals surface area (Å²) in [7, 11) is 0. The Bertz CT molecular complexity index is 456. The maximum atomic E-state index is 12.8. The summed E-state index contributed by atoms with van der Waals surface area (Å²) in [5, 5.41) is 0. The molecular weight excluding hydrogens is 243 g/mol. The normalized spacial score (nSPS) is 20.6. The lowest BCUT2D eigenvalue weighted by Crippen LogP contribution is -2.31.